The maximum Gasteiger partial charge on any atom is 0.140 e. The van der Waals surface area contributed by atoms with E-state index in [9.17, 15) is 14.0 Å². The lowest BCUT2D eigenvalue weighted by Crippen LogP contribution is -2.13. The van der Waals surface area contributed by atoms with Crippen LogP contribution in [-0.2, 0) is 6.42 Å². The van der Waals surface area contributed by atoms with E-state index in [4.69, 9.17) is 4.74 Å². The summed E-state index contributed by atoms with van der Waals surface area (Å²) in [6.07, 6.45) is 5.53. The second kappa shape index (κ2) is 7.31. The van der Waals surface area contributed by atoms with Crippen LogP contribution in [0.4, 0.5) is 8.78 Å². The highest BCUT2D eigenvalue weighted by atomic mass is 127. The summed E-state index contributed by atoms with van der Waals surface area (Å²) in [6, 6.07) is 9.44. The van der Waals surface area contributed by atoms with Crippen molar-refractivity contribution in [1.29, 1.82) is 5.26 Å². The molecule has 24 heavy (non-hydrogen) atoms. The standard InChI is InChI=1S/C19H14F2INO/c20-14-8-13(7-12-5-6-15(22)10-18(12)21)17(11-23)19(9-14)24-16-3-1-2-4-16/h1-2,5-6,8-10,16H,3-4,7H2. The molecule has 3 rings (SSSR count). The van der Waals surface area contributed by atoms with E-state index in [1.165, 1.54) is 18.2 Å². The maximum atomic E-state index is 14.1. The fraction of sp³-hybridized carbons (Fsp3) is 0.211. The minimum absolute atomic E-state index is 0.0817. The molecule has 0 bridgehead atoms. The van der Waals surface area contributed by atoms with Crippen LogP contribution in [0.2, 0.25) is 0 Å². The summed E-state index contributed by atoms with van der Waals surface area (Å²) >= 11 is 2.03. The summed E-state index contributed by atoms with van der Waals surface area (Å²) in [6.45, 7) is 0. The molecule has 1 aliphatic carbocycles. The minimum atomic E-state index is -0.490. The monoisotopic (exact) mass is 437 g/mol. The fourth-order valence-corrected chi connectivity index (χ4v) is 3.19. The molecule has 5 heteroatoms. The van der Waals surface area contributed by atoms with Crippen molar-refractivity contribution >= 4 is 22.6 Å². The Kier molecular flexibility index (Phi) is 5.14. The number of halogens is 3. The van der Waals surface area contributed by atoms with Crippen LogP contribution >= 0.6 is 22.6 Å². The van der Waals surface area contributed by atoms with E-state index in [1.807, 2.05) is 34.7 Å². The highest BCUT2D eigenvalue weighted by molar-refractivity contribution is 14.1. The Balaban J connectivity index is 1.94. The summed E-state index contributed by atoms with van der Waals surface area (Å²) < 4.78 is 34.6. The minimum Gasteiger partial charge on any atom is -0.488 e. The van der Waals surface area contributed by atoms with Gasteiger partial charge in [-0.1, -0.05) is 18.2 Å². The number of hydrogen-bond acceptors (Lipinski definition) is 2. The average molecular weight is 437 g/mol. The number of benzene rings is 2. The van der Waals surface area contributed by atoms with Crippen molar-refractivity contribution in [3.8, 4) is 11.8 Å². The molecule has 0 aliphatic heterocycles. The lowest BCUT2D eigenvalue weighted by Gasteiger charge is -2.16. The van der Waals surface area contributed by atoms with Crippen LogP contribution < -0.4 is 4.74 Å². The van der Waals surface area contributed by atoms with Crippen LogP contribution in [0, 0.1) is 26.5 Å². The van der Waals surface area contributed by atoms with Crippen molar-refractivity contribution in [1.82, 2.24) is 0 Å². The zero-order chi connectivity index (χ0) is 17.1. The van der Waals surface area contributed by atoms with E-state index in [2.05, 4.69) is 6.07 Å². The van der Waals surface area contributed by atoms with E-state index in [0.29, 0.717) is 11.1 Å². The molecule has 0 unspecified atom stereocenters. The first kappa shape index (κ1) is 16.9. The normalized spacial score (nSPS) is 13.9. The molecule has 2 aromatic carbocycles. The third kappa shape index (κ3) is 3.75. The molecule has 1 aliphatic rings. The number of nitriles is 1. The van der Waals surface area contributed by atoms with Crippen LogP contribution in [0.1, 0.15) is 29.5 Å². The summed E-state index contributed by atoms with van der Waals surface area (Å²) in [7, 11) is 0. The van der Waals surface area contributed by atoms with E-state index >= 15 is 0 Å². The number of hydrogen-bond donors (Lipinski definition) is 0. The number of nitrogens with zero attached hydrogens (tertiary/aromatic N) is 1. The maximum absolute atomic E-state index is 14.1. The molecule has 122 valence electrons. The Labute approximate surface area is 152 Å². The third-order valence-corrected chi connectivity index (χ3v) is 4.59. The number of rotatable bonds is 4. The lowest BCUT2D eigenvalue weighted by atomic mass is 9.99. The quantitative estimate of drug-likeness (QED) is 0.491. The Hall–Kier alpha value is -1.94. The molecule has 0 atom stereocenters. The van der Waals surface area contributed by atoms with Gasteiger partial charge in [0.05, 0.1) is 5.56 Å². The van der Waals surface area contributed by atoms with Crippen molar-refractivity contribution in [2.75, 3.05) is 0 Å². The van der Waals surface area contributed by atoms with Gasteiger partial charge in [0.15, 0.2) is 0 Å². The zero-order valence-corrected chi connectivity index (χ0v) is 14.9. The Morgan fingerprint density at radius 3 is 2.54 bits per heavy atom. The van der Waals surface area contributed by atoms with Gasteiger partial charge in [-0.15, -0.1) is 0 Å². The fourth-order valence-electron chi connectivity index (χ4n) is 2.73. The highest BCUT2D eigenvalue weighted by Crippen LogP contribution is 2.29. The van der Waals surface area contributed by atoms with Gasteiger partial charge in [0.2, 0.25) is 0 Å². The van der Waals surface area contributed by atoms with Gasteiger partial charge in [-0.2, -0.15) is 5.26 Å². The SMILES string of the molecule is N#Cc1c(Cc2ccc(I)cc2F)cc(F)cc1OC1CC=CC1. The molecule has 2 aromatic rings. The highest BCUT2D eigenvalue weighted by Gasteiger charge is 2.18. The summed E-state index contributed by atoms with van der Waals surface area (Å²) in [5.41, 5.74) is 1.12. The lowest BCUT2D eigenvalue weighted by molar-refractivity contribution is 0.215. The molecule has 0 amide bonds. The molecular weight excluding hydrogens is 423 g/mol. The van der Waals surface area contributed by atoms with Crippen LogP contribution in [0.15, 0.2) is 42.5 Å². The summed E-state index contributed by atoms with van der Waals surface area (Å²) in [4.78, 5) is 0. The Morgan fingerprint density at radius 2 is 1.88 bits per heavy atom. The molecule has 0 radical (unpaired) electrons. The average Bonchev–Trinajstić information content (AvgIpc) is 3.03. The van der Waals surface area contributed by atoms with Crippen LogP contribution in [0.3, 0.4) is 0 Å². The molecule has 0 saturated heterocycles. The first-order valence-corrected chi connectivity index (χ1v) is 8.63. The Morgan fingerprint density at radius 1 is 1.12 bits per heavy atom. The van der Waals surface area contributed by atoms with Crippen LogP contribution in [0.5, 0.6) is 5.75 Å². The largest absolute Gasteiger partial charge is 0.488 e. The molecule has 2 nitrogen and oxygen atoms in total. The molecule has 0 heterocycles. The van der Waals surface area contributed by atoms with Gasteiger partial charge in [0.25, 0.3) is 0 Å². The first-order chi connectivity index (χ1) is 11.6. The molecule has 0 N–H and O–H groups in total. The van der Waals surface area contributed by atoms with Crippen LogP contribution in [-0.4, -0.2) is 6.10 Å². The van der Waals surface area contributed by atoms with Gasteiger partial charge in [0, 0.05) is 28.9 Å². The summed E-state index contributed by atoms with van der Waals surface area (Å²) in [5, 5.41) is 9.49. The molecular formula is C19H14F2INO. The molecule has 0 spiro atoms. The third-order valence-electron chi connectivity index (χ3n) is 3.91. The van der Waals surface area contributed by atoms with Gasteiger partial charge in [-0.3, -0.25) is 0 Å². The summed E-state index contributed by atoms with van der Waals surface area (Å²) in [5.74, 6) is -0.625. The first-order valence-electron chi connectivity index (χ1n) is 7.55. The van der Waals surface area contributed by atoms with E-state index in [1.54, 1.807) is 12.1 Å². The van der Waals surface area contributed by atoms with Gasteiger partial charge in [-0.05, 0) is 51.9 Å². The van der Waals surface area contributed by atoms with Gasteiger partial charge >= 0.3 is 0 Å². The van der Waals surface area contributed by atoms with Gasteiger partial charge in [0.1, 0.15) is 29.6 Å². The molecule has 0 fully saturated rings. The second-order valence-corrected chi connectivity index (χ2v) is 6.89. The Bertz CT molecular complexity index is 834. The van der Waals surface area contributed by atoms with Crippen molar-refractivity contribution in [2.24, 2.45) is 0 Å². The predicted octanol–water partition coefficient (Wildman–Crippen LogP) is 5.13. The second-order valence-electron chi connectivity index (χ2n) is 5.65. The van der Waals surface area contributed by atoms with E-state index in [0.717, 1.165) is 16.4 Å². The molecule has 0 saturated carbocycles. The van der Waals surface area contributed by atoms with Crippen molar-refractivity contribution in [3.63, 3.8) is 0 Å². The zero-order valence-electron chi connectivity index (χ0n) is 12.7. The van der Waals surface area contributed by atoms with E-state index in [-0.39, 0.29) is 29.7 Å². The van der Waals surface area contributed by atoms with Gasteiger partial charge in [-0.25, -0.2) is 8.78 Å². The predicted molar refractivity (Wildman–Crippen MR) is 95.8 cm³/mol. The van der Waals surface area contributed by atoms with E-state index < -0.39 is 5.82 Å². The topological polar surface area (TPSA) is 33.0 Å². The van der Waals surface area contributed by atoms with Crippen LogP contribution in [0.25, 0.3) is 0 Å². The van der Waals surface area contributed by atoms with Crippen molar-refractivity contribution < 1.29 is 13.5 Å². The molecule has 0 aromatic heterocycles. The smallest absolute Gasteiger partial charge is 0.140 e. The van der Waals surface area contributed by atoms with Crippen molar-refractivity contribution in [3.05, 3.63) is 74.4 Å². The van der Waals surface area contributed by atoms with Crippen molar-refractivity contribution in [2.45, 2.75) is 25.4 Å². The number of ether oxygens (including phenoxy) is 1. The van der Waals surface area contributed by atoms with Gasteiger partial charge < -0.3 is 4.74 Å².